The van der Waals surface area contributed by atoms with Gasteiger partial charge in [-0.15, -0.1) is 5.10 Å². The number of amides is 1. The molecule has 2 rings (SSSR count). The number of nitrogens with two attached hydrogens (primary N) is 2. The molecule has 8 heteroatoms. The standard InChI is InChI=1S/C15H13Cl2N5O/c16-10-4-5-12(13(17)7-10)14(23)21-11-3-1-2-9(6-11)8-20-22-15(18)19/h1-8H,(H,21,23)(H4,18,19,22)/b20-8-. The van der Waals surface area contributed by atoms with E-state index in [-0.39, 0.29) is 16.9 Å². The number of nitrogens with zero attached hydrogens (tertiary/aromatic N) is 2. The highest BCUT2D eigenvalue weighted by Crippen LogP contribution is 2.22. The third kappa shape index (κ3) is 4.98. The van der Waals surface area contributed by atoms with Crippen LogP contribution in [0.3, 0.4) is 0 Å². The van der Waals surface area contributed by atoms with Crippen molar-refractivity contribution in [1.82, 2.24) is 0 Å². The maximum atomic E-state index is 12.2. The normalized spacial score (nSPS) is 10.5. The van der Waals surface area contributed by atoms with Crippen LogP contribution >= 0.6 is 23.2 Å². The first-order valence-electron chi connectivity index (χ1n) is 6.44. The molecule has 2 aromatic rings. The summed E-state index contributed by atoms with van der Waals surface area (Å²) in [5, 5.41) is 10.7. The summed E-state index contributed by atoms with van der Waals surface area (Å²) >= 11 is 11.8. The van der Waals surface area contributed by atoms with Crippen LogP contribution in [0.4, 0.5) is 5.69 Å². The molecule has 6 nitrogen and oxygen atoms in total. The number of halogens is 2. The predicted molar refractivity (Wildman–Crippen MR) is 94.3 cm³/mol. The van der Waals surface area contributed by atoms with Gasteiger partial charge in [0.05, 0.1) is 16.8 Å². The summed E-state index contributed by atoms with van der Waals surface area (Å²) in [6, 6.07) is 11.7. The lowest BCUT2D eigenvalue weighted by atomic mass is 10.2. The third-order valence-corrected chi connectivity index (χ3v) is 3.25. The van der Waals surface area contributed by atoms with Crippen LogP contribution in [0.5, 0.6) is 0 Å². The topological polar surface area (TPSA) is 106 Å². The Balaban J connectivity index is 2.15. The number of guanidine groups is 1. The smallest absolute Gasteiger partial charge is 0.257 e. The van der Waals surface area contributed by atoms with Crippen molar-refractivity contribution in [3.05, 3.63) is 63.6 Å². The van der Waals surface area contributed by atoms with Crippen LogP contribution in [-0.2, 0) is 0 Å². The zero-order chi connectivity index (χ0) is 16.8. The Hall–Kier alpha value is -2.57. The monoisotopic (exact) mass is 349 g/mol. The minimum absolute atomic E-state index is 0.136. The van der Waals surface area contributed by atoms with E-state index in [9.17, 15) is 4.79 Å². The van der Waals surface area contributed by atoms with Gasteiger partial charge in [-0.25, -0.2) is 0 Å². The Morgan fingerprint density at radius 1 is 1.13 bits per heavy atom. The van der Waals surface area contributed by atoms with E-state index in [2.05, 4.69) is 15.5 Å². The van der Waals surface area contributed by atoms with E-state index in [0.717, 1.165) is 5.56 Å². The maximum Gasteiger partial charge on any atom is 0.257 e. The van der Waals surface area contributed by atoms with Crippen molar-refractivity contribution in [2.24, 2.45) is 21.7 Å². The molecule has 0 saturated heterocycles. The fourth-order valence-electron chi connectivity index (χ4n) is 1.73. The van der Waals surface area contributed by atoms with Gasteiger partial charge >= 0.3 is 0 Å². The maximum absolute atomic E-state index is 12.2. The molecule has 0 saturated carbocycles. The number of hydrogen-bond acceptors (Lipinski definition) is 3. The van der Waals surface area contributed by atoms with Crippen molar-refractivity contribution >= 4 is 47.0 Å². The van der Waals surface area contributed by atoms with E-state index in [1.165, 1.54) is 12.3 Å². The van der Waals surface area contributed by atoms with Crippen molar-refractivity contribution in [2.45, 2.75) is 0 Å². The van der Waals surface area contributed by atoms with Crippen molar-refractivity contribution in [3.8, 4) is 0 Å². The van der Waals surface area contributed by atoms with Gasteiger partial charge in [-0.2, -0.15) is 5.10 Å². The van der Waals surface area contributed by atoms with Crippen LogP contribution in [0, 0.1) is 0 Å². The SMILES string of the molecule is NC(N)=N/N=C\c1cccc(NC(=O)c2ccc(Cl)cc2Cl)c1. The molecule has 0 heterocycles. The minimum Gasteiger partial charge on any atom is -0.369 e. The van der Waals surface area contributed by atoms with Crippen molar-refractivity contribution in [1.29, 1.82) is 0 Å². The second kappa shape index (κ2) is 7.62. The Morgan fingerprint density at radius 3 is 2.61 bits per heavy atom. The second-order valence-electron chi connectivity index (χ2n) is 4.47. The molecule has 0 atom stereocenters. The molecular weight excluding hydrogens is 337 g/mol. The van der Waals surface area contributed by atoms with E-state index < -0.39 is 0 Å². The third-order valence-electron chi connectivity index (χ3n) is 2.70. The van der Waals surface area contributed by atoms with Crippen molar-refractivity contribution in [3.63, 3.8) is 0 Å². The number of rotatable bonds is 4. The minimum atomic E-state index is -0.343. The van der Waals surface area contributed by atoms with Gasteiger partial charge in [0.2, 0.25) is 5.96 Å². The summed E-state index contributed by atoms with van der Waals surface area (Å²) < 4.78 is 0. The number of hydrogen-bond donors (Lipinski definition) is 3. The van der Waals surface area contributed by atoms with Crippen LogP contribution in [0.2, 0.25) is 10.0 Å². The second-order valence-corrected chi connectivity index (χ2v) is 5.32. The molecule has 2 aromatic carbocycles. The van der Waals surface area contributed by atoms with Crippen LogP contribution in [-0.4, -0.2) is 18.1 Å². The number of anilines is 1. The molecule has 5 N–H and O–H groups in total. The highest BCUT2D eigenvalue weighted by atomic mass is 35.5. The Bertz CT molecular complexity index is 785. The summed E-state index contributed by atoms with van der Waals surface area (Å²) in [5.41, 5.74) is 12.0. The zero-order valence-electron chi connectivity index (χ0n) is 11.8. The Kier molecular flexibility index (Phi) is 5.56. The van der Waals surface area contributed by atoms with Gasteiger partial charge in [-0.3, -0.25) is 4.79 Å². The lowest BCUT2D eigenvalue weighted by Crippen LogP contribution is -2.21. The first-order chi connectivity index (χ1) is 11.0. The molecule has 0 spiro atoms. The van der Waals surface area contributed by atoms with Gasteiger partial charge in [0, 0.05) is 10.7 Å². The number of benzene rings is 2. The summed E-state index contributed by atoms with van der Waals surface area (Å²) in [7, 11) is 0. The quantitative estimate of drug-likeness (QED) is 0.448. The molecule has 118 valence electrons. The molecule has 23 heavy (non-hydrogen) atoms. The molecule has 0 aliphatic rings. The molecule has 0 radical (unpaired) electrons. The largest absolute Gasteiger partial charge is 0.369 e. The van der Waals surface area contributed by atoms with E-state index in [1.807, 2.05) is 0 Å². The fraction of sp³-hybridized carbons (Fsp3) is 0. The molecule has 1 amide bonds. The first-order valence-corrected chi connectivity index (χ1v) is 7.20. The average Bonchev–Trinajstić information content (AvgIpc) is 2.47. The zero-order valence-corrected chi connectivity index (χ0v) is 13.3. The van der Waals surface area contributed by atoms with Gasteiger partial charge in [0.15, 0.2) is 0 Å². The molecule has 0 aliphatic heterocycles. The molecule has 0 aromatic heterocycles. The van der Waals surface area contributed by atoms with Crippen molar-refractivity contribution < 1.29 is 4.79 Å². The molecule has 0 aliphatic carbocycles. The van der Waals surface area contributed by atoms with E-state index in [0.29, 0.717) is 16.3 Å². The number of carbonyl (C=O) groups is 1. The van der Waals surface area contributed by atoms with Crippen molar-refractivity contribution in [2.75, 3.05) is 5.32 Å². The number of nitrogens with one attached hydrogen (secondary N) is 1. The summed E-state index contributed by atoms with van der Waals surface area (Å²) in [6.07, 6.45) is 1.46. The van der Waals surface area contributed by atoms with Crippen LogP contribution in [0.1, 0.15) is 15.9 Å². The summed E-state index contributed by atoms with van der Waals surface area (Å²) in [6.45, 7) is 0. The molecule has 0 bridgehead atoms. The van der Waals surface area contributed by atoms with E-state index >= 15 is 0 Å². The molecule has 0 fully saturated rings. The lowest BCUT2D eigenvalue weighted by molar-refractivity contribution is 0.102. The van der Waals surface area contributed by atoms with E-state index in [4.69, 9.17) is 34.7 Å². The van der Waals surface area contributed by atoms with Gasteiger partial charge in [-0.05, 0) is 35.9 Å². The van der Waals surface area contributed by atoms with Crippen LogP contribution in [0.15, 0.2) is 52.7 Å². The molecule has 0 unspecified atom stereocenters. The predicted octanol–water partition coefficient (Wildman–Crippen LogP) is 2.85. The van der Waals surface area contributed by atoms with Gasteiger partial charge in [0.25, 0.3) is 5.91 Å². The Labute approximate surface area is 142 Å². The van der Waals surface area contributed by atoms with Gasteiger partial charge in [0.1, 0.15) is 0 Å². The highest BCUT2D eigenvalue weighted by molar-refractivity contribution is 6.37. The summed E-state index contributed by atoms with van der Waals surface area (Å²) in [5.74, 6) is -0.479. The van der Waals surface area contributed by atoms with Crippen LogP contribution in [0.25, 0.3) is 0 Å². The van der Waals surface area contributed by atoms with E-state index in [1.54, 1.807) is 36.4 Å². The van der Waals surface area contributed by atoms with Crippen LogP contribution < -0.4 is 16.8 Å². The Morgan fingerprint density at radius 2 is 1.91 bits per heavy atom. The highest BCUT2D eigenvalue weighted by Gasteiger charge is 2.11. The number of carbonyl (C=O) groups excluding carboxylic acids is 1. The average molecular weight is 350 g/mol. The summed E-state index contributed by atoms with van der Waals surface area (Å²) in [4.78, 5) is 12.2. The molecular formula is C15H13Cl2N5O. The fourth-order valence-corrected chi connectivity index (χ4v) is 2.23. The lowest BCUT2D eigenvalue weighted by Gasteiger charge is -2.07. The van der Waals surface area contributed by atoms with Gasteiger partial charge < -0.3 is 16.8 Å². The van der Waals surface area contributed by atoms with Gasteiger partial charge in [-0.1, -0.05) is 35.3 Å². The first kappa shape index (κ1) is 16.8.